The summed E-state index contributed by atoms with van der Waals surface area (Å²) in [5.41, 5.74) is 0.749. The lowest BCUT2D eigenvalue weighted by Crippen LogP contribution is -2.25. The third kappa shape index (κ3) is 3.88. The summed E-state index contributed by atoms with van der Waals surface area (Å²) in [6.45, 7) is 0.0752. The van der Waals surface area contributed by atoms with Crippen LogP contribution in [0.3, 0.4) is 0 Å². The molecule has 0 atom stereocenters. The number of carbonyl (C=O) groups is 1. The van der Waals surface area contributed by atoms with Gasteiger partial charge < -0.3 is 4.57 Å². The van der Waals surface area contributed by atoms with E-state index in [0.29, 0.717) is 10.9 Å². The number of hydrogen-bond acceptors (Lipinski definition) is 2. The highest BCUT2D eigenvalue weighted by atomic mass is 79.9. The van der Waals surface area contributed by atoms with Crippen LogP contribution in [0.5, 0.6) is 0 Å². The van der Waals surface area contributed by atoms with Gasteiger partial charge in [-0.15, -0.1) is 0 Å². The van der Waals surface area contributed by atoms with Gasteiger partial charge in [-0.05, 0) is 43.5 Å². The van der Waals surface area contributed by atoms with Crippen LogP contribution in [0.1, 0.15) is 5.56 Å². The second kappa shape index (κ2) is 6.30. The van der Waals surface area contributed by atoms with E-state index in [1.54, 1.807) is 12.3 Å². The molecule has 0 saturated carbocycles. The van der Waals surface area contributed by atoms with E-state index in [2.05, 4.69) is 31.9 Å². The summed E-state index contributed by atoms with van der Waals surface area (Å²) in [5, 5.41) is 0. The summed E-state index contributed by atoms with van der Waals surface area (Å²) in [6, 6.07) is 11.2. The Labute approximate surface area is 127 Å². The minimum absolute atomic E-state index is 0.00157. The Morgan fingerprint density at radius 2 is 1.84 bits per heavy atom. The number of benzene rings is 1. The largest absolute Gasteiger partial charge is 0.306 e. The van der Waals surface area contributed by atoms with Gasteiger partial charge >= 0.3 is 0 Å². The zero-order valence-corrected chi connectivity index (χ0v) is 13.1. The minimum atomic E-state index is -0.204. The molecule has 98 valence electrons. The first-order valence-electron chi connectivity index (χ1n) is 5.67. The third-order valence-corrected chi connectivity index (χ3v) is 3.60. The van der Waals surface area contributed by atoms with Gasteiger partial charge in [0.15, 0.2) is 5.78 Å². The van der Waals surface area contributed by atoms with Crippen LogP contribution in [-0.2, 0) is 17.8 Å². The lowest BCUT2D eigenvalue weighted by atomic mass is 10.1. The smallest absolute Gasteiger partial charge is 0.265 e. The first kappa shape index (κ1) is 14.2. The topological polar surface area (TPSA) is 39.1 Å². The number of Topliss-reactive ketones (excluding diaryl/α,β-unsaturated/α-hetero) is 1. The minimum Gasteiger partial charge on any atom is -0.306 e. The van der Waals surface area contributed by atoms with Crippen LogP contribution in [0.15, 0.2) is 56.3 Å². The van der Waals surface area contributed by atoms with E-state index >= 15 is 0 Å². The fourth-order valence-corrected chi connectivity index (χ4v) is 3.01. The van der Waals surface area contributed by atoms with Gasteiger partial charge in [-0.3, -0.25) is 9.59 Å². The number of rotatable bonds is 4. The van der Waals surface area contributed by atoms with Crippen LogP contribution in [0.4, 0.5) is 0 Å². The molecule has 1 heterocycles. The normalized spacial score (nSPS) is 10.4. The molecule has 0 radical (unpaired) electrons. The van der Waals surface area contributed by atoms with Gasteiger partial charge in [-0.1, -0.05) is 30.3 Å². The first-order chi connectivity index (χ1) is 9.06. The van der Waals surface area contributed by atoms with Crippen LogP contribution in [0.2, 0.25) is 0 Å². The van der Waals surface area contributed by atoms with E-state index in [1.807, 2.05) is 30.3 Å². The lowest BCUT2D eigenvalue weighted by Gasteiger charge is -2.06. The van der Waals surface area contributed by atoms with Crippen molar-refractivity contribution in [2.45, 2.75) is 13.0 Å². The highest BCUT2D eigenvalue weighted by Crippen LogP contribution is 2.13. The second-order valence-electron chi connectivity index (χ2n) is 4.14. The molecule has 0 aliphatic carbocycles. The Hall–Kier alpha value is -1.20. The van der Waals surface area contributed by atoms with Crippen LogP contribution >= 0.6 is 31.9 Å². The number of ketones is 1. The molecule has 3 nitrogen and oxygen atoms in total. The summed E-state index contributed by atoms with van der Waals surface area (Å²) in [6.07, 6.45) is 1.95. The molecule has 2 rings (SSSR count). The summed E-state index contributed by atoms with van der Waals surface area (Å²) in [5.74, 6) is -0.00157. The molecule has 1 aromatic carbocycles. The number of pyridine rings is 1. The second-order valence-corrected chi connectivity index (χ2v) is 5.91. The Balaban J connectivity index is 2.14. The van der Waals surface area contributed by atoms with Crippen molar-refractivity contribution in [2.24, 2.45) is 0 Å². The van der Waals surface area contributed by atoms with Crippen molar-refractivity contribution in [3.05, 3.63) is 67.5 Å². The van der Waals surface area contributed by atoms with Crippen molar-refractivity contribution in [1.82, 2.24) is 4.57 Å². The first-order valence-corrected chi connectivity index (χ1v) is 7.26. The number of carbonyl (C=O) groups excluding carboxylic acids is 1. The predicted molar refractivity (Wildman–Crippen MR) is 81.3 cm³/mol. The predicted octanol–water partition coefficient (Wildman–Crippen LogP) is 3.19. The Morgan fingerprint density at radius 3 is 2.53 bits per heavy atom. The number of hydrogen-bond donors (Lipinski definition) is 0. The monoisotopic (exact) mass is 383 g/mol. The average molecular weight is 385 g/mol. The molecule has 0 saturated heterocycles. The molecule has 0 amide bonds. The van der Waals surface area contributed by atoms with E-state index in [4.69, 9.17) is 0 Å². The quantitative estimate of drug-likeness (QED) is 0.811. The van der Waals surface area contributed by atoms with Gasteiger partial charge in [0.1, 0.15) is 0 Å². The van der Waals surface area contributed by atoms with Crippen LogP contribution in [-0.4, -0.2) is 10.4 Å². The van der Waals surface area contributed by atoms with E-state index in [9.17, 15) is 9.59 Å². The molecule has 2 aromatic rings. The maximum atomic E-state index is 12.0. The maximum Gasteiger partial charge on any atom is 0.265 e. The molecule has 0 aliphatic heterocycles. The van der Waals surface area contributed by atoms with Crippen molar-refractivity contribution in [3.63, 3.8) is 0 Å². The van der Waals surface area contributed by atoms with Crippen LogP contribution < -0.4 is 5.56 Å². The van der Waals surface area contributed by atoms with Crippen molar-refractivity contribution < 1.29 is 4.79 Å². The van der Waals surface area contributed by atoms with Crippen LogP contribution in [0.25, 0.3) is 0 Å². The van der Waals surface area contributed by atoms with Gasteiger partial charge in [0.2, 0.25) is 0 Å². The fraction of sp³-hybridized carbons (Fsp3) is 0.143. The van der Waals surface area contributed by atoms with Crippen molar-refractivity contribution in [1.29, 1.82) is 0 Å². The molecular formula is C14H11Br2NO2. The Kier molecular flexibility index (Phi) is 4.71. The van der Waals surface area contributed by atoms with Crippen LogP contribution in [0, 0.1) is 0 Å². The molecule has 0 spiro atoms. The Bertz CT molecular complexity index is 650. The third-order valence-electron chi connectivity index (χ3n) is 2.60. The van der Waals surface area contributed by atoms with Gasteiger partial charge in [0.05, 0.1) is 11.0 Å². The molecule has 0 aliphatic rings. The van der Waals surface area contributed by atoms with Crippen molar-refractivity contribution in [2.75, 3.05) is 0 Å². The standard InChI is InChI=1S/C14H11Br2NO2/c15-11-7-13(16)14(19)17(8-11)9-12(18)6-10-4-2-1-3-5-10/h1-5,7-8H,6,9H2. The molecule has 19 heavy (non-hydrogen) atoms. The van der Waals surface area contributed by atoms with E-state index in [-0.39, 0.29) is 17.9 Å². The molecular weight excluding hydrogens is 374 g/mol. The van der Waals surface area contributed by atoms with E-state index < -0.39 is 0 Å². The molecule has 1 aromatic heterocycles. The van der Waals surface area contributed by atoms with E-state index in [1.165, 1.54) is 4.57 Å². The van der Waals surface area contributed by atoms with Gasteiger partial charge in [-0.25, -0.2) is 0 Å². The summed E-state index contributed by atoms with van der Waals surface area (Å²) >= 11 is 6.48. The molecule has 0 N–H and O–H groups in total. The average Bonchev–Trinajstić information content (AvgIpc) is 2.36. The molecule has 0 bridgehead atoms. The van der Waals surface area contributed by atoms with Crippen molar-refractivity contribution in [3.8, 4) is 0 Å². The molecule has 0 fully saturated rings. The van der Waals surface area contributed by atoms with Gasteiger partial charge in [-0.2, -0.15) is 0 Å². The number of halogens is 2. The summed E-state index contributed by atoms with van der Waals surface area (Å²) in [7, 11) is 0. The SMILES string of the molecule is O=C(Cc1ccccc1)Cn1cc(Br)cc(Br)c1=O. The van der Waals surface area contributed by atoms with Crippen molar-refractivity contribution >= 4 is 37.6 Å². The zero-order chi connectivity index (χ0) is 13.8. The highest BCUT2D eigenvalue weighted by molar-refractivity contribution is 9.11. The molecule has 0 unspecified atom stereocenters. The fourth-order valence-electron chi connectivity index (χ4n) is 1.75. The zero-order valence-electron chi connectivity index (χ0n) is 9.98. The van der Waals surface area contributed by atoms with E-state index in [0.717, 1.165) is 10.0 Å². The Morgan fingerprint density at radius 1 is 1.16 bits per heavy atom. The number of nitrogens with zero attached hydrogens (tertiary/aromatic N) is 1. The lowest BCUT2D eigenvalue weighted by molar-refractivity contribution is -0.119. The number of aromatic nitrogens is 1. The molecule has 5 heteroatoms. The summed E-state index contributed by atoms with van der Waals surface area (Å²) < 4.78 is 2.60. The van der Waals surface area contributed by atoms with Gasteiger partial charge in [0, 0.05) is 17.1 Å². The highest BCUT2D eigenvalue weighted by Gasteiger charge is 2.08. The summed E-state index contributed by atoms with van der Waals surface area (Å²) in [4.78, 5) is 23.8. The van der Waals surface area contributed by atoms with Gasteiger partial charge in [0.25, 0.3) is 5.56 Å². The maximum absolute atomic E-state index is 12.0.